The predicted molar refractivity (Wildman–Crippen MR) is 82.4 cm³/mol. The molecule has 3 heterocycles. The fourth-order valence-electron chi connectivity index (χ4n) is 3.86. The number of hydrogen-bond acceptors (Lipinski definition) is 4. The Kier molecular flexibility index (Phi) is 4.29. The Morgan fingerprint density at radius 2 is 2.24 bits per heavy atom. The fraction of sp³-hybridized carbons (Fsp3) is 0.706. The maximum atomic E-state index is 6.06. The Labute approximate surface area is 127 Å². The molecule has 1 N–H and O–H groups in total. The topological polar surface area (TPSA) is 43.4 Å². The largest absolute Gasteiger partial charge is 0.378 e. The summed E-state index contributed by atoms with van der Waals surface area (Å²) in [6, 6.07) is 2.52. The van der Waals surface area contributed by atoms with Gasteiger partial charge in [0.15, 0.2) is 0 Å². The summed E-state index contributed by atoms with van der Waals surface area (Å²) in [6.07, 6.45) is 5.15. The maximum Gasteiger partial charge on any atom is 0.0940 e. The van der Waals surface area contributed by atoms with Crippen LogP contribution in [0.2, 0.25) is 0 Å². The molecular weight excluding hydrogens is 264 g/mol. The van der Waals surface area contributed by atoms with Crippen molar-refractivity contribution in [2.45, 2.75) is 44.8 Å². The van der Waals surface area contributed by atoms with E-state index in [9.17, 15) is 0 Å². The average Bonchev–Trinajstić information content (AvgIpc) is 2.90. The van der Waals surface area contributed by atoms with Crippen LogP contribution >= 0.6 is 0 Å². The third-order valence-electron chi connectivity index (χ3n) is 4.93. The molecule has 1 aromatic heterocycles. The molecule has 2 saturated heterocycles. The summed E-state index contributed by atoms with van der Waals surface area (Å²) in [5, 5.41) is 3.50. The van der Waals surface area contributed by atoms with Gasteiger partial charge in [0, 0.05) is 25.8 Å². The molecule has 3 unspecified atom stereocenters. The summed E-state index contributed by atoms with van der Waals surface area (Å²) < 4.78 is 11.6. The second kappa shape index (κ2) is 6.03. The van der Waals surface area contributed by atoms with Gasteiger partial charge in [-0.1, -0.05) is 6.07 Å². The van der Waals surface area contributed by atoms with E-state index in [4.69, 9.17) is 14.5 Å². The highest BCUT2D eigenvalue weighted by atomic mass is 16.6. The molecule has 0 aliphatic carbocycles. The van der Waals surface area contributed by atoms with Crippen molar-refractivity contribution >= 4 is 0 Å². The summed E-state index contributed by atoms with van der Waals surface area (Å²) in [6.45, 7) is 6.67. The number of ether oxygens (including phenoxy) is 2. The van der Waals surface area contributed by atoms with Crippen molar-refractivity contribution < 1.29 is 9.47 Å². The number of nitrogens with zero attached hydrogens (tertiary/aromatic N) is 1. The molecule has 0 saturated carbocycles. The van der Waals surface area contributed by atoms with Crippen LogP contribution in [0.25, 0.3) is 0 Å². The van der Waals surface area contributed by atoms with Crippen LogP contribution in [-0.4, -0.2) is 37.5 Å². The minimum Gasteiger partial charge on any atom is -0.378 e. The lowest BCUT2D eigenvalue weighted by Crippen LogP contribution is -2.44. The zero-order chi connectivity index (χ0) is 14.9. The monoisotopic (exact) mass is 290 g/mol. The third kappa shape index (κ3) is 2.98. The van der Waals surface area contributed by atoms with Gasteiger partial charge in [0.1, 0.15) is 0 Å². The standard InChI is InChI=1S/C17H26N2O2/c1-12-8-13(2)15(19-10-12)16(18-3)14-4-6-21-17(9-14)5-7-20-11-17/h8,10,14,16,18H,4-7,9,11H2,1-3H3. The Morgan fingerprint density at radius 3 is 2.90 bits per heavy atom. The van der Waals surface area contributed by atoms with E-state index >= 15 is 0 Å². The molecule has 2 aliphatic heterocycles. The number of rotatable bonds is 3. The van der Waals surface area contributed by atoms with Gasteiger partial charge in [-0.3, -0.25) is 4.98 Å². The van der Waals surface area contributed by atoms with Crippen molar-refractivity contribution in [3.63, 3.8) is 0 Å². The molecule has 1 aromatic rings. The van der Waals surface area contributed by atoms with Crippen molar-refractivity contribution in [2.75, 3.05) is 26.9 Å². The van der Waals surface area contributed by atoms with Crippen molar-refractivity contribution in [3.8, 4) is 0 Å². The minimum absolute atomic E-state index is 0.0450. The average molecular weight is 290 g/mol. The van der Waals surface area contributed by atoms with E-state index in [2.05, 4.69) is 25.2 Å². The van der Waals surface area contributed by atoms with Crippen LogP contribution in [0.4, 0.5) is 0 Å². The van der Waals surface area contributed by atoms with Crippen molar-refractivity contribution in [1.82, 2.24) is 10.3 Å². The molecule has 21 heavy (non-hydrogen) atoms. The first-order valence-electron chi connectivity index (χ1n) is 7.96. The van der Waals surface area contributed by atoms with Gasteiger partial charge in [-0.2, -0.15) is 0 Å². The minimum atomic E-state index is -0.0450. The van der Waals surface area contributed by atoms with E-state index in [0.29, 0.717) is 12.0 Å². The van der Waals surface area contributed by atoms with Crippen LogP contribution in [0.3, 0.4) is 0 Å². The Hall–Kier alpha value is -0.970. The zero-order valence-electron chi connectivity index (χ0n) is 13.3. The molecule has 4 nitrogen and oxygen atoms in total. The summed E-state index contributed by atoms with van der Waals surface area (Å²) >= 11 is 0. The Bertz CT molecular complexity index is 498. The molecule has 2 aliphatic rings. The Balaban J connectivity index is 1.82. The molecule has 4 heteroatoms. The van der Waals surface area contributed by atoms with Crippen molar-refractivity contribution in [2.24, 2.45) is 5.92 Å². The van der Waals surface area contributed by atoms with E-state index in [1.807, 2.05) is 13.2 Å². The number of aromatic nitrogens is 1. The first-order valence-corrected chi connectivity index (χ1v) is 7.96. The van der Waals surface area contributed by atoms with Crippen LogP contribution < -0.4 is 5.32 Å². The van der Waals surface area contributed by atoms with E-state index in [0.717, 1.165) is 39.1 Å². The van der Waals surface area contributed by atoms with Crippen LogP contribution in [0, 0.1) is 19.8 Å². The molecule has 0 bridgehead atoms. The summed E-state index contributed by atoms with van der Waals surface area (Å²) in [7, 11) is 2.04. The molecule has 0 radical (unpaired) electrons. The van der Waals surface area contributed by atoms with Crippen LogP contribution in [-0.2, 0) is 9.47 Å². The first-order chi connectivity index (χ1) is 10.1. The summed E-state index contributed by atoms with van der Waals surface area (Å²) in [5.41, 5.74) is 3.64. The second-order valence-electron chi connectivity index (χ2n) is 6.57. The van der Waals surface area contributed by atoms with E-state index in [1.165, 1.54) is 16.8 Å². The van der Waals surface area contributed by atoms with Crippen LogP contribution in [0.15, 0.2) is 12.3 Å². The number of nitrogens with one attached hydrogen (secondary N) is 1. The van der Waals surface area contributed by atoms with Gasteiger partial charge in [-0.15, -0.1) is 0 Å². The quantitative estimate of drug-likeness (QED) is 0.929. The lowest BCUT2D eigenvalue weighted by Gasteiger charge is -2.40. The highest BCUT2D eigenvalue weighted by molar-refractivity contribution is 5.26. The Morgan fingerprint density at radius 1 is 1.38 bits per heavy atom. The predicted octanol–water partition coefficient (Wildman–Crippen LogP) is 2.54. The van der Waals surface area contributed by atoms with Crippen LogP contribution in [0.1, 0.15) is 42.1 Å². The molecule has 116 valence electrons. The maximum absolute atomic E-state index is 6.06. The number of hydrogen-bond donors (Lipinski definition) is 1. The van der Waals surface area contributed by atoms with Gasteiger partial charge >= 0.3 is 0 Å². The fourth-order valence-corrected chi connectivity index (χ4v) is 3.86. The van der Waals surface area contributed by atoms with Gasteiger partial charge in [0.2, 0.25) is 0 Å². The van der Waals surface area contributed by atoms with Crippen LogP contribution in [0.5, 0.6) is 0 Å². The van der Waals surface area contributed by atoms with E-state index < -0.39 is 0 Å². The van der Waals surface area contributed by atoms with Crippen molar-refractivity contribution in [3.05, 3.63) is 29.1 Å². The van der Waals surface area contributed by atoms with Gasteiger partial charge in [0.05, 0.1) is 23.9 Å². The zero-order valence-corrected chi connectivity index (χ0v) is 13.3. The van der Waals surface area contributed by atoms with Gasteiger partial charge in [-0.25, -0.2) is 0 Å². The number of aryl methyl sites for hydroxylation is 2. The highest BCUT2D eigenvalue weighted by Gasteiger charge is 2.43. The first kappa shape index (κ1) is 14.9. The highest BCUT2D eigenvalue weighted by Crippen LogP contribution is 2.41. The summed E-state index contributed by atoms with van der Waals surface area (Å²) in [4.78, 5) is 4.70. The van der Waals surface area contributed by atoms with E-state index in [1.54, 1.807) is 0 Å². The molecule has 2 fully saturated rings. The van der Waals surface area contributed by atoms with Crippen molar-refractivity contribution in [1.29, 1.82) is 0 Å². The molecule has 0 aromatic carbocycles. The molecular formula is C17H26N2O2. The molecule has 0 amide bonds. The lowest BCUT2D eigenvalue weighted by molar-refractivity contribution is -0.103. The number of pyridine rings is 1. The SMILES string of the molecule is CNC(c1ncc(C)cc1C)C1CCOC2(CCOC2)C1. The molecule has 1 spiro atoms. The smallest absolute Gasteiger partial charge is 0.0940 e. The second-order valence-corrected chi connectivity index (χ2v) is 6.57. The van der Waals surface area contributed by atoms with E-state index in [-0.39, 0.29) is 5.60 Å². The van der Waals surface area contributed by atoms with Gasteiger partial charge in [-0.05, 0) is 50.8 Å². The van der Waals surface area contributed by atoms with Gasteiger partial charge in [0.25, 0.3) is 0 Å². The molecule has 3 atom stereocenters. The third-order valence-corrected chi connectivity index (χ3v) is 4.93. The lowest BCUT2D eigenvalue weighted by atomic mass is 9.79. The normalized spacial score (nSPS) is 30.7. The summed E-state index contributed by atoms with van der Waals surface area (Å²) in [5.74, 6) is 0.555. The van der Waals surface area contributed by atoms with Gasteiger partial charge < -0.3 is 14.8 Å². The molecule has 3 rings (SSSR count).